The van der Waals surface area contributed by atoms with Crippen LogP contribution in [0.4, 0.5) is 4.79 Å². The molecular formula is C24H25NO3. The van der Waals surface area contributed by atoms with Crippen LogP contribution in [0.1, 0.15) is 25.3 Å². The van der Waals surface area contributed by atoms with Crippen LogP contribution in [-0.4, -0.2) is 12.1 Å². The van der Waals surface area contributed by atoms with E-state index < -0.39 is 6.09 Å². The number of rotatable bonds is 8. The lowest BCUT2D eigenvalue weighted by Crippen LogP contribution is -2.34. The van der Waals surface area contributed by atoms with Crippen LogP contribution in [0.3, 0.4) is 0 Å². The normalized spacial score (nSPS) is 11.5. The standard InChI is InChI=1S/C24H25NO3/c1-19(9-8-12-20-10-4-2-5-11-20)25-24(26)28-23-17-15-22(16-18-23)27-21-13-6-3-7-14-21/h2-7,10-11,13-19H,8-9,12H2,1H3,(H,25,26). The van der Waals surface area contributed by atoms with Crippen LogP contribution in [0.2, 0.25) is 0 Å². The highest BCUT2D eigenvalue weighted by Gasteiger charge is 2.09. The SMILES string of the molecule is CC(CCCc1ccccc1)NC(=O)Oc1ccc(Oc2ccccc2)cc1. The molecule has 144 valence electrons. The first kappa shape index (κ1) is 19.5. The second-order valence-corrected chi connectivity index (χ2v) is 6.70. The molecule has 4 heteroatoms. The molecule has 0 spiro atoms. The lowest BCUT2D eigenvalue weighted by Gasteiger charge is -2.14. The number of aryl methyl sites for hydroxylation is 1. The number of hydrogen-bond donors (Lipinski definition) is 1. The predicted molar refractivity (Wildman–Crippen MR) is 111 cm³/mol. The van der Waals surface area contributed by atoms with Crippen molar-refractivity contribution in [1.82, 2.24) is 5.32 Å². The van der Waals surface area contributed by atoms with Crippen molar-refractivity contribution in [3.8, 4) is 17.2 Å². The Morgan fingerprint density at radius 2 is 1.39 bits per heavy atom. The van der Waals surface area contributed by atoms with Crippen molar-refractivity contribution in [3.63, 3.8) is 0 Å². The zero-order valence-corrected chi connectivity index (χ0v) is 16.0. The van der Waals surface area contributed by atoms with Gasteiger partial charge < -0.3 is 14.8 Å². The summed E-state index contributed by atoms with van der Waals surface area (Å²) < 4.78 is 11.1. The average Bonchev–Trinajstić information content (AvgIpc) is 2.71. The van der Waals surface area contributed by atoms with Crippen LogP contribution in [0.5, 0.6) is 17.2 Å². The predicted octanol–water partition coefficient (Wildman–Crippen LogP) is 5.98. The van der Waals surface area contributed by atoms with E-state index in [0.717, 1.165) is 25.0 Å². The summed E-state index contributed by atoms with van der Waals surface area (Å²) in [6, 6.07) is 26.9. The lowest BCUT2D eigenvalue weighted by atomic mass is 10.1. The van der Waals surface area contributed by atoms with Gasteiger partial charge in [-0.3, -0.25) is 0 Å². The number of para-hydroxylation sites is 1. The molecule has 1 amide bonds. The summed E-state index contributed by atoms with van der Waals surface area (Å²) in [6.07, 6.45) is 2.47. The van der Waals surface area contributed by atoms with Gasteiger partial charge in [0.15, 0.2) is 0 Å². The first-order valence-electron chi connectivity index (χ1n) is 9.54. The van der Waals surface area contributed by atoms with E-state index in [4.69, 9.17) is 9.47 Å². The summed E-state index contributed by atoms with van der Waals surface area (Å²) in [4.78, 5) is 12.1. The molecule has 0 radical (unpaired) electrons. The van der Waals surface area contributed by atoms with Gasteiger partial charge in [0.25, 0.3) is 0 Å². The zero-order valence-electron chi connectivity index (χ0n) is 16.0. The van der Waals surface area contributed by atoms with Crippen LogP contribution in [0.25, 0.3) is 0 Å². The Morgan fingerprint density at radius 3 is 2.07 bits per heavy atom. The molecule has 0 fully saturated rings. The Bertz CT molecular complexity index is 848. The molecule has 0 saturated heterocycles. The Kier molecular flexibility index (Phi) is 7.08. The van der Waals surface area contributed by atoms with Gasteiger partial charge in [-0.2, -0.15) is 0 Å². The van der Waals surface area contributed by atoms with E-state index in [1.807, 2.05) is 55.5 Å². The number of ether oxygens (including phenoxy) is 2. The molecule has 0 heterocycles. The van der Waals surface area contributed by atoms with Gasteiger partial charge in [-0.05, 0) is 68.1 Å². The average molecular weight is 375 g/mol. The highest BCUT2D eigenvalue weighted by atomic mass is 16.6. The molecule has 0 aliphatic heterocycles. The van der Waals surface area contributed by atoms with E-state index in [2.05, 4.69) is 17.4 Å². The molecule has 3 aromatic carbocycles. The van der Waals surface area contributed by atoms with E-state index in [1.165, 1.54) is 5.56 Å². The third-order valence-electron chi connectivity index (χ3n) is 4.32. The van der Waals surface area contributed by atoms with E-state index in [0.29, 0.717) is 11.5 Å². The number of amides is 1. The molecule has 3 aromatic rings. The Labute approximate surface area is 166 Å². The Hall–Kier alpha value is -3.27. The number of nitrogens with one attached hydrogen (secondary N) is 1. The molecule has 3 rings (SSSR count). The molecular weight excluding hydrogens is 350 g/mol. The van der Waals surface area contributed by atoms with E-state index in [1.54, 1.807) is 24.3 Å². The first-order valence-corrected chi connectivity index (χ1v) is 9.54. The molecule has 0 aliphatic rings. The van der Waals surface area contributed by atoms with E-state index >= 15 is 0 Å². The molecule has 4 nitrogen and oxygen atoms in total. The quantitative estimate of drug-likeness (QED) is 0.527. The largest absolute Gasteiger partial charge is 0.457 e. The fourth-order valence-electron chi connectivity index (χ4n) is 2.87. The Morgan fingerprint density at radius 1 is 0.821 bits per heavy atom. The van der Waals surface area contributed by atoms with Crippen molar-refractivity contribution in [2.24, 2.45) is 0 Å². The van der Waals surface area contributed by atoms with Crippen molar-refractivity contribution < 1.29 is 14.3 Å². The molecule has 0 aromatic heterocycles. The fraction of sp³-hybridized carbons (Fsp3) is 0.208. The maximum absolute atomic E-state index is 12.1. The van der Waals surface area contributed by atoms with Crippen LogP contribution in [0.15, 0.2) is 84.9 Å². The summed E-state index contributed by atoms with van der Waals surface area (Å²) in [5.74, 6) is 1.93. The number of benzene rings is 3. The highest BCUT2D eigenvalue weighted by Crippen LogP contribution is 2.23. The lowest BCUT2D eigenvalue weighted by molar-refractivity contribution is 0.196. The summed E-state index contributed by atoms with van der Waals surface area (Å²) in [6.45, 7) is 1.99. The Balaban J connectivity index is 1.40. The molecule has 1 atom stereocenters. The summed E-state index contributed by atoms with van der Waals surface area (Å²) in [7, 11) is 0. The summed E-state index contributed by atoms with van der Waals surface area (Å²) in [5.41, 5.74) is 1.31. The third kappa shape index (κ3) is 6.47. The van der Waals surface area contributed by atoms with Crippen LogP contribution in [-0.2, 0) is 6.42 Å². The van der Waals surface area contributed by atoms with Crippen molar-refractivity contribution in [1.29, 1.82) is 0 Å². The third-order valence-corrected chi connectivity index (χ3v) is 4.32. The number of hydrogen-bond acceptors (Lipinski definition) is 3. The molecule has 28 heavy (non-hydrogen) atoms. The monoisotopic (exact) mass is 375 g/mol. The topological polar surface area (TPSA) is 47.6 Å². The van der Waals surface area contributed by atoms with Gasteiger partial charge >= 0.3 is 6.09 Å². The minimum absolute atomic E-state index is 0.0527. The molecule has 1 N–H and O–H groups in total. The van der Waals surface area contributed by atoms with Crippen molar-refractivity contribution in [2.75, 3.05) is 0 Å². The van der Waals surface area contributed by atoms with Crippen molar-refractivity contribution in [2.45, 2.75) is 32.2 Å². The fourth-order valence-corrected chi connectivity index (χ4v) is 2.87. The van der Waals surface area contributed by atoms with Gasteiger partial charge in [-0.25, -0.2) is 4.79 Å². The van der Waals surface area contributed by atoms with Crippen molar-refractivity contribution in [3.05, 3.63) is 90.5 Å². The molecule has 0 aliphatic carbocycles. The minimum atomic E-state index is -0.441. The zero-order chi connectivity index (χ0) is 19.6. The van der Waals surface area contributed by atoms with Crippen LogP contribution in [0, 0.1) is 0 Å². The summed E-state index contributed by atoms with van der Waals surface area (Å²) >= 11 is 0. The highest BCUT2D eigenvalue weighted by molar-refractivity contribution is 5.70. The van der Waals surface area contributed by atoms with Gasteiger partial charge in [0.2, 0.25) is 0 Å². The molecule has 1 unspecified atom stereocenters. The van der Waals surface area contributed by atoms with Gasteiger partial charge in [0.1, 0.15) is 17.2 Å². The van der Waals surface area contributed by atoms with Gasteiger partial charge in [-0.15, -0.1) is 0 Å². The van der Waals surface area contributed by atoms with Crippen molar-refractivity contribution >= 4 is 6.09 Å². The minimum Gasteiger partial charge on any atom is -0.457 e. The summed E-state index contributed by atoms with van der Waals surface area (Å²) in [5, 5.41) is 2.88. The first-order chi connectivity index (χ1) is 13.7. The van der Waals surface area contributed by atoms with Gasteiger partial charge in [-0.1, -0.05) is 48.5 Å². The van der Waals surface area contributed by atoms with Crippen LogP contribution >= 0.6 is 0 Å². The smallest absolute Gasteiger partial charge is 0.412 e. The number of carbonyl (C=O) groups is 1. The molecule has 0 saturated carbocycles. The van der Waals surface area contributed by atoms with Crippen LogP contribution < -0.4 is 14.8 Å². The molecule has 0 bridgehead atoms. The number of carbonyl (C=O) groups excluding carboxylic acids is 1. The maximum Gasteiger partial charge on any atom is 0.412 e. The van der Waals surface area contributed by atoms with E-state index in [9.17, 15) is 4.79 Å². The second-order valence-electron chi connectivity index (χ2n) is 6.70. The second kappa shape index (κ2) is 10.2. The maximum atomic E-state index is 12.1. The van der Waals surface area contributed by atoms with Gasteiger partial charge in [0, 0.05) is 6.04 Å². The van der Waals surface area contributed by atoms with E-state index in [-0.39, 0.29) is 6.04 Å². The van der Waals surface area contributed by atoms with Gasteiger partial charge in [0.05, 0.1) is 0 Å².